The monoisotopic (exact) mass is 276 g/mol. The van der Waals surface area contributed by atoms with Gasteiger partial charge in [0.15, 0.2) is 10.9 Å². The predicted molar refractivity (Wildman–Crippen MR) is 76.4 cm³/mol. The number of allylic oxidation sites excluding steroid dienone is 2. The molecule has 0 spiro atoms. The number of thioether (sulfide) groups is 1. The minimum absolute atomic E-state index is 0. The Morgan fingerprint density at radius 1 is 1.41 bits per heavy atom. The second-order valence-electron chi connectivity index (χ2n) is 5.39. The first-order valence-corrected chi connectivity index (χ1v) is 6.58. The lowest BCUT2D eigenvalue weighted by atomic mass is 9.90. The van der Waals surface area contributed by atoms with Crippen molar-refractivity contribution in [1.82, 2.24) is 4.90 Å². The number of amidine groups is 1. The van der Waals surface area contributed by atoms with Crippen molar-refractivity contribution in [2.24, 2.45) is 4.99 Å². The van der Waals surface area contributed by atoms with Crippen LogP contribution in [0.1, 0.15) is 47.5 Å². The van der Waals surface area contributed by atoms with Crippen LogP contribution in [0.5, 0.6) is 0 Å². The van der Waals surface area contributed by atoms with Gasteiger partial charge in [0, 0.05) is 22.6 Å². The topological polar surface area (TPSA) is 35.8 Å². The van der Waals surface area contributed by atoms with Crippen molar-refractivity contribution in [3.8, 4) is 0 Å². The van der Waals surface area contributed by atoms with E-state index in [1.807, 2.05) is 0 Å². The molecule has 0 aromatic rings. The zero-order valence-electron chi connectivity index (χ0n) is 11.1. The van der Waals surface area contributed by atoms with Gasteiger partial charge in [-0.1, -0.05) is 18.7 Å². The SMILES string of the molecule is CCC1=C(C)SC2=NC(C)(O)CC(C)(C)N21.Cl. The second kappa shape index (κ2) is 4.48. The normalized spacial score (nSPS) is 30.9. The van der Waals surface area contributed by atoms with Gasteiger partial charge in [0.1, 0.15) is 0 Å². The number of halogens is 1. The van der Waals surface area contributed by atoms with E-state index >= 15 is 0 Å². The minimum atomic E-state index is -0.925. The summed E-state index contributed by atoms with van der Waals surface area (Å²) in [5.41, 5.74) is 0.368. The van der Waals surface area contributed by atoms with Crippen LogP contribution in [0.2, 0.25) is 0 Å². The second-order valence-corrected chi connectivity index (χ2v) is 6.58. The third-order valence-electron chi connectivity index (χ3n) is 3.16. The molecule has 0 aliphatic carbocycles. The van der Waals surface area contributed by atoms with Crippen LogP contribution in [0.4, 0.5) is 0 Å². The van der Waals surface area contributed by atoms with Crippen molar-refractivity contribution in [1.29, 1.82) is 0 Å². The molecule has 98 valence electrons. The van der Waals surface area contributed by atoms with Crippen LogP contribution in [0.15, 0.2) is 15.6 Å². The Kier molecular flexibility index (Phi) is 3.92. The van der Waals surface area contributed by atoms with Gasteiger partial charge in [0.05, 0.1) is 0 Å². The van der Waals surface area contributed by atoms with E-state index in [9.17, 15) is 5.11 Å². The predicted octanol–water partition coefficient (Wildman–Crippen LogP) is 3.35. The molecule has 3 nitrogen and oxygen atoms in total. The lowest BCUT2D eigenvalue weighted by Gasteiger charge is -2.45. The largest absolute Gasteiger partial charge is 0.369 e. The van der Waals surface area contributed by atoms with E-state index in [4.69, 9.17) is 0 Å². The molecule has 0 bridgehead atoms. The molecule has 0 aromatic carbocycles. The lowest BCUT2D eigenvalue weighted by molar-refractivity contribution is 0.00629. The standard InChI is InChI=1S/C12H20N2OS.ClH/c1-6-9-8(2)16-10-13-12(5,15)7-11(3,4)14(9)10;/h15H,6-7H2,1-5H3;1H. The van der Waals surface area contributed by atoms with E-state index in [1.54, 1.807) is 18.7 Å². The van der Waals surface area contributed by atoms with Gasteiger partial charge in [-0.15, -0.1) is 12.4 Å². The molecule has 1 N–H and O–H groups in total. The van der Waals surface area contributed by atoms with Crippen molar-refractivity contribution in [3.63, 3.8) is 0 Å². The molecule has 0 amide bonds. The van der Waals surface area contributed by atoms with Crippen molar-refractivity contribution in [2.75, 3.05) is 0 Å². The van der Waals surface area contributed by atoms with Crippen molar-refractivity contribution >= 4 is 29.3 Å². The third-order valence-corrected chi connectivity index (χ3v) is 4.15. The molecule has 17 heavy (non-hydrogen) atoms. The lowest BCUT2D eigenvalue weighted by Crippen LogP contribution is -2.53. The molecule has 2 aliphatic heterocycles. The summed E-state index contributed by atoms with van der Waals surface area (Å²) in [6, 6.07) is 0. The van der Waals surface area contributed by atoms with Crippen LogP contribution in [0.25, 0.3) is 0 Å². The summed E-state index contributed by atoms with van der Waals surface area (Å²) in [4.78, 5) is 8.05. The van der Waals surface area contributed by atoms with Crippen LogP contribution in [-0.4, -0.2) is 26.4 Å². The zero-order valence-corrected chi connectivity index (χ0v) is 12.7. The highest BCUT2D eigenvalue weighted by Crippen LogP contribution is 2.46. The van der Waals surface area contributed by atoms with E-state index in [2.05, 4.69) is 37.6 Å². The summed E-state index contributed by atoms with van der Waals surface area (Å²) in [5, 5.41) is 11.1. The Labute approximate surface area is 114 Å². The molecule has 1 unspecified atom stereocenters. The number of rotatable bonds is 1. The first-order valence-electron chi connectivity index (χ1n) is 5.77. The number of fused-ring (bicyclic) bond motifs is 1. The van der Waals surface area contributed by atoms with Crippen LogP contribution in [-0.2, 0) is 0 Å². The van der Waals surface area contributed by atoms with Crippen molar-refractivity contribution in [3.05, 3.63) is 10.6 Å². The Hall–Kier alpha value is -0.190. The summed E-state index contributed by atoms with van der Waals surface area (Å²) in [7, 11) is 0. The maximum Gasteiger partial charge on any atom is 0.171 e. The molecule has 1 atom stereocenters. The minimum Gasteiger partial charge on any atom is -0.369 e. The van der Waals surface area contributed by atoms with Gasteiger partial charge in [-0.2, -0.15) is 0 Å². The van der Waals surface area contributed by atoms with Gasteiger partial charge in [0.2, 0.25) is 0 Å². The maximum absolute atomic E-state index is 10.2. The fourth-order valence-electron chi connectivity index (χ4n) is 2.76. The zero-order chi connectivity index (χ0) is 12.1. The molecule has 2 rings (SSSR count). The average molecular weight is 277 g/mol. The van der Waals surface area contributed by atoms with E-state index in [1.165, 1.54) is 10.6 Å². The summed E-state index contributed by atoms with van der Waals surface area (Å²) < 4.78 is 0. The fraction of sp³-hybridized carbons (Fsp3) is 0.750. The highest BCUT2D eigenvalue weighted by molar-refractivity contribution is 8.17. The number of hydrogen-bond donors (Lipinski definition) is 1. The van der Waals surface area contributed by atoms with Gasteiger partial charge in [-0.25, -0.2) is 4.99 Å². The smallest absolute Gasteiger partial charge is 0.171 e. The van der Waals surface area contributed by atoms with E-state index < -0.39 is 5.72 Å². The van der Waals surface area contributed by atoms with Gasteiger partial charge in [-0.3, -0.25) is 0 Å². The summed E-state index contributed by atoms with van der Waals surface area (Å²) >= 11 is 1.68. The Morgan fingerprint density at radius 3 is 2.53 bits per heavy atom. The molecule has 0 radical (unpaired) electrons. The van der Waals surface area contributed by atoms with Gasteiger partial charge < -0.3 is 10.0 Å². The molecule has 0 saturated heterocycles. The molecule has 5 heteroatoms. The highest BCUT2D eigenvalue weighted by Gasteiger charge is 2.45. The van der Waals surface area contributed by atoms with Crippen LogP contribution in [0.3, 0.4) is 0 Å². The summed E-state index contributed by atoms with van der Waals surface area (Å²) in [5.74, 6) is 0. The van der Waals surface area contributed by atoms with Crippen LogP contribution in [0, 0.1) is 0 Å². The Bertz CT molecular complexity index is 388. The fourth-order valence-corrected chi connectivity index (χ4v) is 4.08. The Morgan fingerprint density at radius 2 is 2.00 bits per heavy atom. The molecule has 2 heterocycles. The average Bonchev–Trinajstić information content (AvgIpc) is 2.37. The Balaban J connectivity index is 0.00000144. The van der Waals surface area contributed by atoms with E-state index in [0.29, 0.717) is 6.42 Å². The van der Waals surface area contributed by atoms with Crippen LogP contribution >= 0.6 is 24.2 Å². The molecular weight excluding hydrogens is 256 g/mol. The number of hydrogen-bond acceptors (Lipinski definition) is 4. The maximum atomic E-state index is 10.2. The summed E-state index contributed by atoms with van der Waals surface area (Å²) in [6.45, 7) is 10.4. The summed E-state index contributed by atoms with van der Waals surface area (Å²) in [6.07, 6.45) is 1.68. The van der Waals surface area contributed by atoms with Crippen molar-refractivity contribution in [2.45, 2.75) is 58.7 Å². The third kappa shape index (κ3) is 2.49. The first kappa shape index (κ1) is 14.9. The van der Waals surface area contributed by atoms with E-state index in [0.717, 1.165) is 11.6 Å². The molecule has 2 aliphatic rings. The molecule has 0 fully saturated rings. The number of nitrogens with zero attached hydrogens (tertiary/aromatic N) is 2. The highest BCUT2D eigenvalue weighted by atomic mass is 35.5. The number of aliphatic imine (C=N–C) groups is 1. The quantitative estimate of drug-likeness (QED) is 0.798. The number of aliphatic hydroxyl groups is 1. The van der Waals surface area contributed by atoms with E-state index in [-0.39, 0.29) is 17.9 Å². The van der Waals surface area contributed by atoms with Gasteiger partial charge in [0.25, 0.3) is 0 Å². The van der Waals surface area contributed by atoms with Gasteiger partial charge in [-0.05, 0) is 34.1 Å². The molecular formula is C12H21ClN2OS. The first-order chi connectivity index (χ1) is 7.27. The van der Waals surface area contributed by atoms with Gasteiger partial charge >= 0.3 is 0 Å². The molecule has 0 saturated carbocycles. The molecule has 0 aromatic heterocycles. The van der Waals surface area contributed by atoms with Crippen LogP contribution < -0.4 is 0 Å². The van der Waals surface area contributed by atoms with Crippen molar-refractivity contribution < 1.29 is 5.11 Å².